The molecule has 1 aliphatic rings. The van der Waals surface area contributed by atoms with Gasteiger partial charge in [-0.1, -0.05) is 12.1 Å². The lowest BCUT2D eigenvalue weighted by atomic mass is 9.82. The molecule has 0 fully saturated rings. The minimum Gasteiger partial charge on any atom is -0.497 e. The Kier molecular flexibility index (Phi) is 5.86. The van der Waals surface area contributed by atoms with Crippen LogP contribution < -0.4 is 10.5 Å². The zero-order valence-corrected chi connectivity index (χ0v) is 14.6. The summed E-state index contributed by atoms with van der Waals surface area (Å²) in [5.41, 5.74) is 6.52. The molecule has 26 heavy (non-hydrogen) atoms. The highest BCUT2D eigenvalue weighted by Gasteiger charge is 2.38. The maximum absolute atomic E-state index is 12.4. The molecular weight excluding hydrogens is 340 g/mol. The summed E-state index contributed by atoms with van der Waals surface area (Å²) in [6, 6.07) is 8.72. The van der Waals surface area contributed by atoms with Gasteiger partial charge >= 0.3 is 11.9 Å². The highest BCUT2D eigenvalue weighted by molar-refractivity contribution is 5.93. The summed E-state index contributed by atoms with van der Waals surface area (Å²) in [5.74, 6) is -1.78. The van der Waals surface area contributed by atoms with Crippen LogP contribution in [0.4, 0.5) is 0 Å². The van der Waals surface area contributed by atoms with Crippen molar-refractivity contribution in [2.24, 2.45) is 5.73 Å². The first-order chi connectivity index (χ1) is 12.5. The third-order valence-electron chi connectivity index (χ3n) is 3.88. The second kappa shape index (κ2) is 8.07. The van der Waals surface area contributed by atoms with Crippen molar-refractivity contribution in [3.8, 4) is 11.8 Å². The Labute approximate surface area is 150 Å². The molecule has 1 unspecified atom stereocenters. The molecule has 0 saturated heterocycles. The van der Waals surface area contributed by atoms with E-state index in [4.69, 9.17) is 19.9 Å². The monoisotopic (exact) mass is 358 g/mol. The van der Waals surface area contributed by atoms with E-state index in [0.717, 1.165) is 0 Å². The van der Waals surface area contributed by atoms with Gasteiger partial charge in [-0.25, -0.2) is 4.79 Å². The summed E-state index contributed by atoms with van der Waals surface area (Å²) in [7, 11) is 3.94. The normalized spacial score (nSPS) is 16.5. The van der Waals surface area contributed by atoms with Gasteiger partial charge < -0.3 is 24.7 Å². The molecule has 136 valence electrons. The van der Waals surface area contributed by atoms with E-state index in [1.54, 1.807) is 24.3 Å². The third-order valence-corrected chi connectivity index (χ3v) is 3.88. The zero-order chi connectivity index (χ0) is 19.3. The van der Waals surface area contributed by atoms with Gasteiger partial charge in [-0.2, -0.15) is 5.26 Å². The summed E-state index contributed by atoms with van der Waals surface area (Å²) in [6.07, 6.45) is -0.326. The lowest BCUT2D eigenvalue weighted by molar-refractivity contribution is -0.140. The molecule has 1 aromatic carbocycles. The van der Waals surface area contributed by atoms with Crippen LogP contribution in [0.15, 0.2) is 47.1 Å². The van der Waals surface area contributed by atoms with Crippen LogP contribution in [0, 0.1) is 11.3 Å². The molecule has 0 spiro atoms. The second-order valence-electron chi connectivity index (χ2n) is 5.28. The fourth-order valence-corrected chi connectivity index (χ4v) is 2.62. The summed E-state index contributed by atoms with van der Waals surface area (Å²) >= 11 is 0. The average molecular weight is 358 g/mol. The Morgan fingerprint density at radius 2 is 1.85 bits per heavy atom. The lowest BCUT2D eigenvalue weighted by Crippen LogP contribution is -2.26. The largest absolute Gasteiger partial charge is 0.497 e. The van der Waals surface area contributed by atoms with Crippen molar-refractivity contribution in [2.45, 2.75) is 12.3 Å². The fourth-order valence-electron chi connectivity index (χ4n) is 2.62. The Morgan fingerprint density at radius 1 is 1.19 bits per heavy atom. The number of esters is 2. The molecule has 1 aliphatic heterocycles. The van der Waals surface area contributed by atoms with Gasteiger partial charge in [0.15, 0.2) is 0 Å². The maximum atomic E-state index is 12.4. The Bertz CT molecular complexity index is 817. The van der Waals surface area contributed by atoms with Crippen molar-refractivity contribution in [1.82, 2.24) is 0 Å². The van der Waals surface area contributed by atoms with Crippen molar-refractivity contribution in [3.63, 3.8) is 0 Å². The Morgan fingerprint density at radius 3 is 2.35 bits per heavy atom. The van der Waals surface area contributed by atoms with Crippen LogP contribution in [0.2, 0.25) is 0 Å². The number of rotatable bonds is 5. The summed E-state index contributed by atoms with van der Waals surface area (Å²) in [4.78, 5) is 24.1. The zero-order valence-electron chi connectivity index (χ0n) is 14.6. The molecular formula is C18H18N2O6. The van der Waals surface area contributed by atoms with Crippen LogP contribution in [0.3, 0.4) is 0 Å². The van der Waals surface area contributed by atoms with E-state index < -0.39 is 17.9 Å². The van der Waals surface area contributed by atoms with Gasteiger partial charge in [0.1, 0.15) is 29.6 Å². The van der Waals surface area contributed by atoms with Gasteiger partial charge in [-0.3, -0.25) is 4.79 Å². The first kappa shape index (κ1) is 18.9. The number of benzene rings is 1. The molecule has 1 heterocycles. The van der Waals surface area contributed by atoms with E-state index in [0.29, 0.717) is 11.3 Å². The average Bonchev–Trinajstić information content (AvgIpc) is 2.66. The van der Waals surface area contributed by atoms with Gasteiger partial charge in [0.05, 0.1) is 32.8 Å². The maximum Gasteiger partial charge on any atom is 0.338 e. The highest BCUT2D eigenvalue weighted by atomic mass is 16.5. The molecule has 2 rings (SSSR count). The number of ether oxygens (including phenoxy) is 4. The molecule has 0 aliphatic carbocycles. The smallest absolute Gasteiger partial charge is 0.338 e. The second-order valence-corrected chi connectivity index (χ2v) is 5.28. The molecule has 0 amide bonds. The van der Waals surface area contributed by atoms with Crippen molar-refractivity contribution < 1.29 is 28.5 Å². The molecule has 2 N–H and O–H groups in total. The number of methoxy groups -OCH3 is 3. The summed E-state index contributed by atoms with van der Waals surface area (Å²) in [5, 5.41) is 9.52. The van der Waals surface area contributed by atoms with Crippen molar-refractivity contribution in [2.75, 3.05) is 21.3 Å². The number of nitrogens with two attached hydrogens (primary N) is 1. The minimum atomic E-state index is -0.841. The van der Waals surface area contributed by atoms with E-state index in [1.807, 2.05) is 6.07 Å². The van der Waals surface area contributed by atoms with Crippen molar-refractivity contribution >= 4 is 11.9 Å². The highest BCUT2D eigenvalue weighted by Crippen LogP contribution is 2.40. The number of carbonyl (C=O) groups is 2. The summed E-state index contributed by atoms with van der Waals surface area (Å²) in [6.45, 7) is 0. The van der Waals surface area contributed by atoms with E-state index in [2.05, 4.69) is 4.74 Å². The van der Waals surface area contributed by atoms with Gasteiger partial charge in [-0.15, -0.1) is 0 Å². The minimum absolute atomic E-state index is 0.0129. The number of carbonyl (C=O) groups excluding carboxylic acids is 2. The predicted molar refractivity (Wildman–Crippen MR) is 89.3 cm³/mol. The van der Waals surface area contributed by atoms with Gasteiger partial charge in [0, 0.05) is 0 Å². The predicted octanol–water partition coefficient (Wildman–Crippen LogP) is 1.49. The lowest BCUT2D eigenvalue weighted by Gasteiger charge is -2.27. The van der Waals surface area contributed by atoms with Crippen molar-refractivity contribution in [3.05, 3.63) is 52.6 Å². The number of allylic oxidation sites excluding steroid dienone is 1. The van der Waals surface area contributed by atoms with Crippen LogP contribution in [-0.4, -0.2) is 33.3 Å². The standard InChI is InChI=1S/C18H18N2O6/c1-23-11-6-4-10(5-7-11)15-12(9-19)17(20)26-13(8-14(21)24-2)16(15)18(22)25-3/h4-7,15H,8,20H2,1-3H3. The molecule has 1 atom stereocenters. The molecule has 0 saturated carbocycles. The molecule has 1 aromatic rings. The van der Waals surface area contributed by atoms with Gasteiger partial charge in [0.25, 0.3) is 0 Å². The topological polar surface area (TPSA) is 121 Å². The quantitative estimate of drug-likeness (QED) is 0.786. The first-order valence-corrected chi connectivity index (χ1v) is 7.56. The van der Waals surface area contributed by atoms with Crippen LogP contribution >= 0.6 is 0 Å². The van der Waals surface area contributed by atoms with Crippen LogP contribution in [0.5, 0.6) is 5.75 Å². The summed E-state index contributed by atoms with van der Waals surface area (Å²) < 4.78 is 20.0. The van der Waals surface area contributed by atoms with E-state index in [1.165, 1.54) is 21.3 Å². The Balaban J connectivity index is 2.64. The first-order valence-electron chi connectivity index (χ1n) is 7.56. The van der Waals surface area contributed by atoms with Crippen LogP contribution in [-0.2, 0) is 23.8 Å². The van der Waals surface area contributed by atoms with E-state index in [9.17, 15) is 14.9 Å². The third kappa shape index (κ3) is 3.62. The number of nitriles is 1. The Hall–Kier alpha value is -3.47. The molecule has 0 aromatic heterocycles. The van der Waals surface area contributed by atoms with Crippen molar-refractivity contribution in [1.29, 1.82) is 5.26 Å². The van der Waals surface area contributed by atoms with E-state index >= 15 is 0 Å². The fraction of sp³-hybridized carbons (Fsp3) is 0.278. The molecule has 8 heteroatoms. The SMILES string of the molecule is COC(=O)CC1=C(C(=O)OC)C(c2ccc(OC)cc2)C(C#N)=C(N)O1. The molecule has 8 nitrogen and oxygen atoms in total. The van der Waals surface area contributed by atoms with Crippen LogP contribution in [0.25, 0.3) is 0 Å². The number of hydrogen-bond acceptors (Lipinski definition) is 8. The van der Waals surface area contributed by atoms with Gasteiger partial charge in [0.2, 0.25) is 5.88 Å². The number of nitrogens with zero attached hydrogens (tertiary/aromatic N) is 1. The number of hydrogen-bond donors (Lipinski definition) is 1. The van der Waals surface area contributed by atoms with Gasteiger partial charge in [-0.05, 0) is 17.7 Å². The van der Waals surface area contributed by atoms with Crippen LogP contribution in [0.1, 0.15) is 17.9 Å². The molecule has 0 bridgehead atoms. The molecule has 0 radical (unpaired) electrons. The van der Waals surface area contributed by atoms with E-state index in [-0.39, 0.29) is 29.2 Å².